The number of carbonyl (C=O) groups excluding carboxylic acids is 2. The summed E-state index contributed by atoms with van der Waals surface area (Å²) in [5, 5.41) is 14.2. The van der Waals surface area contributed by atoms with Gasteiger partial charge >= 0.3 is 0 Å². The number of fused-ring (bicyclic) bond motifs is 1. The minimum atomic E-state index is -0.851. The fraction of sp³-hybridized carbons (Fsp3) is 0.444. The number of anilines is 1. The summed E-state index contributed by atoms with van der Waals surface area (Å²) in [6.45, 7) is 10.4. The van der Waals surface area contributed by atoms with Crippen molar-refractivity contribution >= 4 is 28.4 Å². The van der Waals surface area contributed by atoms with Crippen molar-refractivity contribution in [3.8, 4) is 0 Å². The first-order valence-corrected chi connectivity index (χ1v) is 12.9. The first-order chi connectivity index (χ1) is 17.9. The summed E-state index contributed by atoms with van der Waals surface area (Å²) in [5.74, 6) is -0.871. The molecule has 2 fully saturated rings. The van der Waals surface area contributed by atoms with E-state index in [0.717, 1.165) is 43.0 Å². The van der Waals surface area contributed by atoms with Crippen LogP contribution in [-0.2, 0) is 22.7 Å². The van der Waals surface area contributed by atoms with Crippen LogP contribution in [0.3, 0.4) is 0 Å². The Morgan fingerprint density at radius 1 is 1.00 bits per heavy atom. The standard InChI is InChI=1S/C27H33N7O3/c1-18(2)33-14-12-32(13-15-33)17-20-8-6-19(7-9-20)16-28-21-4-3-5-22-25(21)27(37)34(31-30-22)23-10-11-24(35)29-26(23)36/h3-9,18,23,28H,10-17H2,1-2H3,(H,29,35,36). The van der Waals surface area contributed by atoms with Gasteiger partial charge in [0, 0.05) is 57.4 Å². The quantitative estimate of drug-likeness (QED) is 0.470. The van der Waals surface area contributed by atoms with Crippen LogP contribution in [0.15, 0.2) is 47.3 Å². The van der Waals surface area contributed by atoms with E-state index in [9.17, 15) is 14.4 Å². The van der Waals surface area contributed by atoms with Gasteiger partial charge in [-0.1, -0.05) is 35.5 Å². The number of rotatable bonds is 7. The lowest BCUT2D eigenvalue weighted by molar-refractivity contribution is -0.136. The van der Waals surface area contributed by atoms with E-state index in [-0.39, 0.29) is 18.7 Å². The number of imide groups is 1. The molecule has 2 aliphatic heterocycles. The van der Waals surface area contributed by atoms with Crippen LogP contribution in [0.1, 0.15) is 43.9 Å². The van der Waals surface area contributed by atoms with Crippen molar-refractivity contribution in [1.29, 1.82) is 0 Å². The number of benzene rings is 2. The number of amides is 2. The van der Waals surface area contributed by atoms with Crippen LogP contribution in [0.25, 0.3) is 10.9 Å². The van der Waals surface area contributed by atoms with E-state index in [0.29, 0.717) is 29.2 Å². The summed E-state index contributed by atoms with van der Waals surface area (Å²) in [6.07, 6.45) is 0.382. The number of nitrogens with zero attached hydrogens (tertiary/aromatic N) is 5. The van der Waals surface area contributed by atoms with Crippen LogP contribution in [0, 0.1) is 0 Å². The number of aromatic nitrogens is 3. The molecule has 1 atom stereocenters. The third kappa shape index (κ3) is 5.55. The number of piperazine rings is 1. The Morgan fingerprint density at radius 3 is 2.43 bits per heavy atom. The predicted molar refractivity (Wildman–Crippen MR) is 141 cm³/mol. The van der Waals surface area contributed by atoms with Gasteiger partial charge in [-0.2, -0.15) is 4.68 Å². The average Bonchev–Trinajstić information content (AvgIpc) is 2.89. The minimum Gasteiger partial charge on any atom is -0.380 e. The second-order valence-corrected chi connectivity index (χ2v) is 10.1. The lowest BCUT2D eigenvalue weighted by atomic mass is 10.1. The molecule has 2 N–H and O–H groups in total. The summed E-state index contributed by atoms with van der Waals surface area (Å²) in [6, 6.07) is 13.7. The van der Waals surface area contributed by atoms with Gasteiger partial charge in [-0.25, -0.2) is 0 Å². The Hall–Kier alpha value is -3.63. The third-order valence-corrected chi connectivity index (χ3v) is 7.27. The van der Waals surface area contributed by atoms with E-state index >= 15 is 0 Å². The molecule has 194 valence electrons. The van der Waals surface area contributed by atoms with Gasteiger partial charge in [0.05, 0.1) is 5.39 Å². The SMILES string of the molecule is CC(C)N1CCN(Cc2ccc(CNc3cccc4nnn(C5CCC(=O)NC5=O)c(=O)c34)cc2)CC1. The fourth-order valence-electron chi connectivity index (χ4n) is 5.02. The van der Waals surface area contributed by atoms with Crippen molar-refractivity contribution in [3.63, 3.8) is 0 Å². The Kier molecular flexibility index (Phi) is 7.29. The van der Waals surface area contributed by atoms with Crippen molar-refractivity contribution in [2.75, 3.05) is 31.5 Å². The molecule has 0 bridgehead atoms. The van der Waals surface area contributed by atoms with Gasteiger partial charge in [0.15, 0.2) is 0 Å². The zero-order valence-corrected chi connectivity index (χ0v) is 21.3. The molecule has 2 amide bonds. The van der Waals surface area contributed by atoms with Gasteiger partial charge in [0.2, 0.25) is 5.91 Å². The number of nitrogens with one attached hydrogen (secondary N) is 2. The lowest BCUT2D eigenvalue weighted by Crippen LogP contribution is -2.48. The number of carbonyl (C=O) groups is 2. The highest BCUT2D eigenvalue weighted by atomic mass is 16.2. The first-order valence-electron chi connectivity index (χ1n) is 12.9. The molecule has 1 unspecified atom stereocenters. The first kappa shape index (κ1) is 25.0. The zero-order valence-electron chi connectivity index (χ0n) is 21.3. The molecule has 10 heteroatoms. The van der Waals surface area contributed by atoms with Gasteiger partial charge < -0.3 is 5.32 Å². The van der Waals surface area contributed by atoms with E-state index in [4.69, 9.17) is 0 Å². The molecule has 3 aromatic rings. The van der Waals surface area contributed by atoms with E-state index in [1.807, 2.05) is 12.1 Å². The molecule has 2 aromatic carbocycles. The Bertz CT molecular complexity index is 1340. The van der Waals surface area contributed by atoms with Gasteiger partial charge in [0.25, 0.3) is 11.5 Å². The molecule has 1 aromatic heterocycles. The highest BCUT2D eigenvalue weighted by Crippen LogP contribution is 2.21. The topological polar surface area (TPSA) is 112 Å². The summed E-state index contributed by atoms with van der Waals surface area (Å²) >= 11 is 0. The molecule has 0 radical (unpaired) electrons. The normalized spacial score (nSPS) is 19.4. The van der Waals surface area contributed by atoms with Gasteiger partial charge in [0.1, 0.15) is 11.6 Å². The van der Waals surface area contributed by atoms with Gasteiger partial charge in [-0.15, -0.1) is 5.10 Å². The highest BCUT2D eigenvalue weighted by molar-refractivity contribution is 5.99. The summed E-state index contributed by atoms with van der Waals surface area (Å²) in [4.78, 5) is 42.2. The second kappa shape index (κ2) is 10.8. The van der Waals surface area contributed by atoms with E-state index < -0.39 is 17.5 Å². The largest absolute Gasteiger partial charge is 0.380 e. The van der Waals surface area contributed by atoms with Crippen LogP contribution < -0.4 is 16.2 Å². The van der Waals surface area contributed by atoms with Crippen molar-refractivity contribution < 1.29 is 9.59 Å². The molecule has 2 saturated heterocycles. The third-order valence-electron chi connectivity index (χ3n) is 7.27. The summed E-state index contributed by atoms with van der Waals surface area (Å²) < 4.78 is 1.09. The average molecular weight is 504 g/mol. The Balaban J connectivity index is 1.26. The van der Waals surface area contributed by atoms with Crippen molar-refractivity contribution in [3.05, 3.63) is 63.9 Å². The Labute approximate surface area is 215 Å². The minimum absolute atomic E-state index is 0.159. The lowest BCUT2D eigenvalue weighted by Gasteiger charge is -2.36. The number of piperidine rings is 1. The maximum atomic E-state index is 13.3. The molecule has 2 aliphatic rings. The Morgan fingerprint density at radius 2 is 1.73 bits per heavy atom. The van der Waals surface area contributed by atoms with Crippen LogP contribution in [0.4, 0.5) is 5.69 Å². The maximum absolute atomic E-state index is 13.3. The summed E-state index contributed by atoms with van der Waals surface area (Å²) in [7, 11) is 0. The molecule has 5 rings (SSSR count). The highest BCUT2D eigenvalue weighted by Gasteiger charge is 2.30. The van der Waals surface area contributed by atoms with Gasteiger partial charge in [-0.3, -0.25) is 29.5 Å². The molecule has 0 aliphatic carbocycles. The van der Waals surface area contributed by atoms with Crippen LogP contribution in [-0.4, -0.2) is 68.8 Å². The van der Waals surface area contributed by atoms with Crippen LogP contribution >= 0.6 is 0 Å². The van der Waals surface area contributed by atoms with Crippen LogP contribution in [0.5, 0.6) is 0 Å². The zero-order chi connectivity index (χ0) is 25.9. The molecule has 3 heterocycles. The molecule has 0 saturated carbocycles. The number of hydrogen-bond donors (Lipinski definition) is 2. The van der Waals surface area contributed by atoms with Gasteiger partial charge in [-0.05, 0) is 43.5 Å². The maximum Gasteiger partial charge on any atom is 0.280 e. The second-order valence-electron chi connectivity index (χ2n) is 10.1. The van der Waals surface area contributed by atoms with Crippen LogP contribution in [0.2, 0.25) is 0 Å². The number of hydrogen-bond acceptors (Lipinski definition) is 8. The molecule has 0 spiro atoms. The summed E-state index contributed by atoms with van der Waals surface area (Å²) in [5.41, 5.74) is 3.06. The fourth-order valence-corrected chi connectivity index (χ4v) is 5.02. The molecular weight excluding hydrogens is 470 g/mol. The molecule has 37 heavy (non-hydrogen) atoms. The molecule has 10 nitrogen and oxygen atoms in total. The monoisotopic (exact) mass is 503 g/mol. The van der Waals surface area contributed by atoms with E-state index in [2.05, 4.69) is 68.9 Å². The van der Waals surface area contributed by atoms with E-state index in [1.165, 1.54) is 5.56 Å². The smallest absolute Gasteiger partial charge is 0.280 e. The predicted octanol–water partition coefficient (Wildman–Crippen LogP) is 1.91. The van der Waals surface area contributed by atoms with Crippen molar-refractivity contribution in [2.24, 2.45) is 0 Å². The van der Waals surface area contributed by atoms with E-state index in [1.54, 1.807) is 6.07 Å². The van der Waals surface area contributed by atoms with Crippen molar-refractivity contribution in [2.45, 2.75) is 51.9 Å². The van der Waals surface area contributed by atoms with Crippen molar-refractivity contribution in [1.82, 2.24) is 30.1 Å². The molecular formula is C27H33N7O3.